The van der Waals surface area contributed by atoms with Crippen molar-refractivity contribution in [1.29, 1.82) is 0 Å². The lowest BCUT2D eigenvalue weighted by Gasteiger charge is -2.24. The molecule has 19 heavy (non-hydrogen) atoms. The van der Waals surface area contributed by atoms with Crippen molar-refractivity contribution in [2.24, 2.45) is 0 Å². The van der Waals surface area contributed by atoms with Gasteiger partial charge in [0.25, 0.3) is 5.91 Å². The lowest BCUT2D eigenvalue weighted by Crippen LogP contribution is -2.30. The number of nitrogen functional groups attached to an aromatic ring is 1. The Morgan fingerprint density at radius 1 is 1.37 bits per heavy atom. The molecule has 0 radical (unpaired) electrons. The van der Waals surface area contributed by atoms with Crippen LogP contribution >= 0.6 is 0 Å². The maximum atomic E-state index is 11.8. The lowest BCUT2D eigenvalue weighted by atomic mass is 10.1. The Labute approximate surface area is 115 Å². The highest BCUT2D eigenvalue weighted by atomic mass is 32.2. The van der Waals surface area contributed by atoms with E-state index in [0.29, 0.717) is 11.3 Å². The molecule has 0 bridgehead atoms. The van der Waals surface area contributed by atoms with Crippen LogP contribution in [-0.2, 0) is 10.8 Å². The van der Waals surface area contributed by atoms with E-state index in [1.807, 2.05) is 0 Å². The maximum Gasteiger partial charge on any atom is 0.253 e. The van der Waals surface area contributed by atoms with E-state index < -0.39 is 10.8 Å². The average Bonchev–Trinajstić information content (AvgIpc) is 2.41. The molecule has 5 nitrogen and oxygen atoms in total. The number of carbonyl (C=O) groups is 1. The molecule has 4 N–H and O–H groups in total. The van der Waals surface area contributed by atoms with Crippen LogP contribution in [0.3, 0.4) is 0 Å². The molecule has 1 aliphatic heterocycles. The zero-order valence-corrected chi connectivity index (χ0v) is 11.8. The summed E-state index contributed by atoms with van der Waals surface area (Å²) < 4.78 is 11.3. The second-order valence-corrected chi connectivity index (χ2v) is 6.35. The highest BCUT2D eigenvalue weighted by Gasteiger charge is 2.19. The molecule has 1 saturated heterocycles. The van der Waals surface area contributed by atoms with E-state index in [1.54, 1.807) is 25.2 Å². The summed E-state index contributed by atoms with van der Waals surface area (Å²) >= 11 is 0. The first-order valence-corrected chi connectivity index (χ1v) is 7.82. The zero-order valence-electron chi connectivity index (χ0n) is 10.9. The Kier molecular flexibility index (Phi) is 4.42. The topological polar surface area (TPSA) is 84.2 Å². The van der Waals surface area contributed by atoms with Crippen molar-refractivity contribution in [1.82, 2.24) is 5.32 Å². The first-order chi connectivity index (χ1) is 9.10. The molecule has 1 amide bonds. The quantitative estimate of drug-likeness (QED) is 0.720. The summed E-state index contributed by atoms with van der Waals surface area (Å²) in [6.07, 6.45) is 1.71. The van der Waals surface area contributed by atoms with Crippen molar-refractivity contribution in [3.8, 4) is 0 Å². The molecule has 1 aromatic carbocycles. The first-order valence-electron chi connectivity index (χ1n) is 6.33. The summed E-state index contributed by atoms with van der Waals surface area (Å²) in [5.74, 6) is 1.30. The van der Waals surface area contributed by atoms with Gasteiger partial charge in [-0.3, -0.25) is 9.00 Å². The minimum atomic E-state index is -0.683. The molecule has 1 fully saturated rings. The molecule has 1 aromatic rings. The van der Waals surface area contributed by atoms with Gasteiger partial charge in [-0.05, 0) is 31.0 Å². The van der Waals surface area contributed by atoms with E-state index in [1.165, 1.54) is 0 Å². The van der Waals surface area contributed by atoms with Crippen LogP contribution in [0.1, 0.15) is 23.2 Å². The molecule has 0 saturated carbocycles. The summed E-state index contributed by atoms with van der Waals surface area (Å²) in [5.41, 5.74) is 7.73. The van der Waals surface area contributed by atoms with Crippen molar-refractivity contribution in [3.05, 3.63) is 23.8 Å². The fourth-order valence-electron chi connectivity index (χ4n) is 2.17. The normalized spacial score (nSPS) is 22.8. The molecule has 104 valence electrons. The Morgan fingerprint density at radius 2 is 2.05 bits per heavy atom. The second kappa shape index (κ2) is 6.06. The highest BCUT2D eigenvalue weighted by molar-refractivity contribution is 7.85. The summed E-state index contributed by atoms with van der Waals surface area (Å²) in [6.45, 7) is 0. The molecule has 6 heteroatoms. The van der Waals surface area contributed by atoms with E-state index in [0.717, 1.165) is 30.0 Å². The van der Waals surface area contributed by atoms with Gasteiger partial charge in [0.05, 0.1) is 5.56 Å². The molecule has 0 atom stereocenters. The van der Waals surface area contributed by atoms with Crippen LogP contribution in [0, 0.1) is 0 Å². The van der Waals surface area contributed by atoms with Gasteiger partial charge in [0.2, 0.25) is 0 Å². The molecule has 0 unspecified atom stereocenters. The third-order valence-corrected chi connectivity index (χ3v) is 4.64. The van der Waals surface area contributed by atoms with E-state index in [9.17, 15) is 9.00 Å². The van der Waals surface area contributed by atoms with Gasteiger partial charge in [0.1, 0.15) is 0 Å². The fraction of sp³-hybridized carbons (Fsp3) is 0.462. The third kappa shape index (κ3) is 3.47. The van der Waals surface area contributed by atoms with Gasteiger partial charge in [0.15, 0.2) is 0 Å². The van der Waals surface area contributed by atoms with E-state index >= 15 is 0 Å². The first kappa shape index (κ1) is 13.9. The predicted octanol–water partition coefficient (Wildman–Crippen LogP) is 0.951. The van der Waals surface area contributed by atoms with Crippen molar-refractivity contribution in [3.63, 3.8) is 0 Å². The van der Waals surface area contributed by atoms with Gasteiger partial charge in [0, 0.05) is 46.8 Å². The summed E-state index contributed by atoms with van der Waals surface area (Å²) in [6, 6.07) is 5.46. The van der Waals surface area contributed by atoms with Crippen LogP contribution in [-0.4, -0.2) is 34.7 Å². The smallest absolute Gasteiger partial charge is 0.253 e. The lowest BCUT2D eigenvalue weighted by molar-refractivity contribution is 0.0964. The standard InChI is InChI=1S/C13H19N3O2S/c1-15-13(17)11-3-2-9(14)8-12(11)16-10-4-6-19(18)7-5-10/h2-3,8,10,16H,4-7,14H2,1H3,(H,15,17). The van der Waals surface area contributed by atoms with Gasteiger partial charge in [-0.2, -0.15) is 0 Å². The molecule has 1 heterocycles. The summed E-state index contributed by atoms with van der Waals surface area (Å²) in [5, 5.41) is 5.97. The van der Waals surface area contributed by atoms with Crippen LogP contribution < -0.4 is 16.4 Å². The van der Waals surface area contributed by atoms with E-state index in [4.69, 9.17) is 5.73 Å². The Hall–Kier alpha value is -1.56. The van der Waals surface area contributed by atoms with Crippen LogP contribution in [0.2, 0.25) is 0 Å². The molecule has 0 aromatic heterocycles. The minimum absolute atomic E-state index is 0.137. The number of hydrogen-bond acceptors (Lipinski definition) is 4. The predicted molar refractivity (Wildman–Crippen MR) is 78.8 cm³/mol. The van der Waals surface area contributed by atoms with Crippen molar-refractivity contribution in [2.45, 2.75) is 18.9 Å². The molecular weight excluding hydrogens is 262 g/mol. The Balaban J connectivity index is 2.16. The number of benzene rings is 1. The van der Waals surface area contributed by atoms with Gasteiger partial charge in [-0.1, -0.05) is 0 Å². The molecular formula is C13H19N3O2S. The van der Waals surface area contributed by atoms with E-state index in [-0.39, 0.29) is 11.9 Å². The molecule has 1 aliphatic rings. The van der Waals surface area contributed by atoms with Gasteiger partial charge >= 0.3 is 0 Å². The second-order valence-electron chi connectivity index (χ2n) is 4.65. The number of rotatable bonds is 3. The average molecular weight is 281 g/mol. The molecule has 2 rings (SSSR count). The SMILES string of the molecule is CNC(=O)c1ccc(N)cc1NC1CCS(=O)CC1. The highest BCUT2D eigenvalue weighted by Crippen LogP contribution is 2.23. The summed E-state index contributed by atoms with van der Waals surface area (Å²) in [7, 11) is 0.920. The number of amides is 1. The molecule has 0 spiro atoms. The van der Waals surface area contributed by atoms with Gasteiger partial charge in [-0.15, -0.1) is 0 Å². The third-order valence-electron chi connectivity index (χ3n) is 3.26. The van der Waals surface area contributed by atoms with Crippen LogP contribution in [0.15, 0.2) is 18.2 Å². The number of anilines is 2. The van der Waals surface area contributed by atoms with Gasteiger partial charge < -0.3 is 16.4 Å². The van der Waals surface area contributed by atoms with Crippen molar-refractivity contribution < 1.29 is 9.00 Å². The molecule has 0 aliphatic carbocycles. The van der Waals surface area contributed by atoms with Gasteiger partial charge in [-0.25, -0.2) is 0 Å². The number of nitrogens with one attached hydrogen (secondary N) is 2. The van der Waals surface area contributed by atoms with E-state index in [2.05, 4.69) is 10.6 Å². The van der Waals surface area contributed by atoms with Crippen molar-refractivity contribution in [2.75, 3.05) is 29.6 Å². The zero-order chi connectivity index (χ0) is 13.8. The maximum absolute atomic E-state index is 11.8. The Bertz CT molecular complexity index is 495. The largest absolute Gasteiger partial charge is 0.399 e. The van der Waals surface area contributed by atoms with Crippen LogP contribution in [0.25, 0.3) is 0 Å². The minimum Gasteiger partial charge on any atom is -0.399 e. The fourth-order valence-corrected chi connectivity index (χ4v) is 3.47. The van der Waals surface area contributed by atoms with Crippen molar-refractivity contribution >= 4 is 28.1 Å². The number of hydrogen-bond donors (Lipinski definition) is 3. The summed E-state index contributed by atoms with van der Waals surface area (Å²) in [4.78, 5) is 11.8. The van der Waals surface area contributed by atoms with Crippen LogP contribution in [0.4, 0.5) is 11.4 Å². The number of carbonyl (C=O) groups excluding carboxylic acids is 1. The monoisotopic (exact) mass is 281 g/mol. The Morgan fingerprint density at radius 3 is 2.68 bits per heavy atom. The number of nitrogens with two attached hydrogens (primary N) is 1. The van der Waals surface area contributed by atoms with Crippen LogP contribution in [0.5, 0.6) is 0 Å².